The third-order valence-corrected chi connectivity index (χ3v) is 2.02. The number of rotatable bonds is 4. The molecule has 0 radical (unpaired) electrons. The third kappa shape index (κ3) is 6.19. The van der Waals surface area contributed by atoms with Crippen LogP contribution >= 0.6 is 15.9 Å². The standard InChI is InChI=1S/C10H15Br/c1-3-5-6-8-10(9-11)7-4-2/h9H,3,5-6,8H2,1-2H3/b10-9-. The van der Waals surface area contributed by atoms with Crippen molar-refractivity contribution < 1.29 is 0 Å². The molecular formula is C10H15Br. The van der Waals surface area contributed by atoms with Gasteiger partial charge in [-0.15, -0.1) is 5.92 Å². The minimum atomic E-state index is 1.11. The second-order valence-electron chi connectivity index (χ2n) is 2.47. The van der Waals surface area contributed by atoms with Crippen molar-refractivity contribution in [2.45, 2.75) is 39.5 Å². The van der Waals surface area contributed by atoms with Gasteiger partial charge in [0.15, 0.2) is 0 Å². The van der Waals surface area contributed by atoms with Crippen molar-refractivity contribution in [2.75, 3.05) is 0 Å². The van der Waals surface area contributed by atoms with Crippen LogP contribution < -0.4 is 0 Å². The molecule has 0 heterocycles. The van der Waals surface area contributed by atoms with E-state index in [4.69, 9.17) is 0 Å². The number of hydrogen-bond donors (Lipinski definition) is 0. The van der Waals surface area contributed by atoms with Crippen LogP contribution in [0.1, 0.15) is 39.5 Å². The van der Waals surface area contributed by atoms with E-state index in [1.807, 2.05) is 11.9 Å². The van der Waals surface area contributed by atoms with E-state index in [9.17, 15) is 0 Å². The Hall–Kier alpha value is -0.220. The van der Waals surface area contributed by atoms with Gasteiger partial charge in [0, 0.05) is 5.57 Å². The number of halogens is 1. The molecule has 0 amide bonds. The zero-order valence-corrected chi connectivity index (χ0v) is 8.87. The SMILES string of the molecule is CC#C/C(=C/Br)CCCCC. The lowest BCUT2D eigenvalue weighted by molar-refractivity contribution is 0.721. The van der Waals surface area contributed by atoms with Gasteiger partial charge in [0.25, 0.3) is 0 Å². The normalized spacial score (nSPS) is 10.6. The zero-order chi connectivity index (χ0) is 8.53. The minimum absolute atomic E-state index is 1.11. The highest BCUT2D eigenvalue weighted by molar-refractivity contribution is 9.11. The van der Waals surface area contributed by atoms with Gasteiger partial charge in [-0.25, -0.2) is 0 Å². The largest absolute Gasteiger partial charge is 0.102 e. The molecule has 62 valence electrons. The lowest BCUT2D eigenvalue weighted by Gasteiger charge is -1.96. The Kier molecular flexibility index (Phi) is 7.72. The van der Waals surface area contributed by atoms with Crippen LogP contribution in [0.3, 0.4) is 0 Å². The van der Waals surface area contributed by atoms with Gasteiger partial charge >= 0.3 is 0 Å². The van der Waals surface area contributed by atoms with Crippen molar-refractivity contribution in [1.29, 1.82) is 0 Å². The summed E-state index contributed by atoms with van der Waals surface area (Å²) in [6.07, 6.45) is 4.94. The first-order chi connectivity index (χ1) is 5.35. The van der Waals surface area contributed by atoms with Gasteiger partial charge in [-0.3, -0.25) is 0 Å². The zero-order valence-electron chi connectivity index (χ0n) is 7.28. The fraction of sp³-hybridized carbons (Fsp3) is 0.600. The second kappa shape index (κ2) is 7.88. The molecule has 0 spiro atoms. The highest BCUT2D eigenvalue weighted by Gasteiger charge is 1.90. The van der Waals surface area contributed by atoms with E-state index in [1.54, 1.807) is 0 Å². The van der Waals surface area contributed by atoms with Crippen LogP contribution in [-0.4, -0.2) is 0 Å². The van der Waals surface area contributed by atoms with E-state index in [1.165, 1.54) is 24.8 Å². The number of allylic oxidation sites excluding steroid dienone is 1. The Labute approximate surface area is 78.2 Å². The highest BCUT2D eigenvalue weighted by atomic mass is 79.9. The van der Waals surface area contributed by atoms with E-state index in [-0.39, 0.29) is 0 Å². The molecule has 0 aromatic rings. The summed E-state index contributed by atoms with van der Waals surface area (Å²) in [6.45, 7) is 4.08. The molecule has 0 nitrogen and oxygen atoms in total. The van der Waals surface area contributed by atoms with Gasteiger partial charge in [-0.1, -0.05) is 41.6 Å². The lowest BCUT2D eigenvalue weighted by Crippen LogP contribution is -1.79. The van der Waals surface area contributed by atoms with Gasteiger partial charge in [0.05, 0.1) is 0 Å². The summed E-state index contributed by atoms with van der Waals surface area (Å²) in [6, 6.07) is 0. The number of unbranched alkanes of at least 4 members (excludes halogenated alkanes) is 2. The number of hydrogen-bond acceptors (Lipinski definition) is 0. The molecule has 0 aliphatic rings. The van der Waals surface area contributed by atoms with Crippen LogP contribution in [0.2, 0.25) is 0 Å². The van der Waals surface area contributed by atoms with Crippen molar-refractivity contribution in [3.05, 3.63) is 10.6 Å². The van der Waals surface area contributed by atoms with Gasteiger partial charge < -0.3 is 0 Å². The molecule has 0 saturated heterocycles. The van der Waals surface area contributed by atoms with E-state index >= 15 is 0 Å². The van der Waals surface area contributed by atoms with E-state index in [2.05, 4.69) is 34.7 Å². The maximum Gasteiger partial charge on any atom is 0.00892 e. The average Bonchev–Trinajstić information content (AvgIpc) is 2.03. The van der Waals surface area contributed by atoms with Crippen molar-refractivity contribution in [3.63, 3.8) is 0 Å². The fourth-order valence-electron chi connectivity index (χ4n) is 0.870. The summed E-state index contributed by atoms with van der Waals surface area (Å²) in [5, 5.41) is 0. The van der Waals surface area contributed by atoms with Crippen LogP contribution in [0, 0.1) is 11.8 Å². The molecule has 0 aromatic carbocycles. The molecule has 0 aromatic heterocycles. The maximum atomic E-state index is 3.30. The van der Waals surface area contributed by atoms with Crippen LogP contribution in [-0.2, 0) is 0 Å². The van der Waals surface area contributed by atoms with Crippen molar-refractivity contribution in [3.8, 4) is 11.8 Å². The lowest BCUT2D eigenvalue weighted by atomic mass is 10.1. The molecule has 0 fully saturated rings. The molecular weight excluding hydrogens is 200 g/mol. The molecule has 0 N–H and O–H groups in total. The first-order valence-electron chi connectivity index (χ1n) is 4.07. The van der Waals surface area contributed by atoms with Crippen LogP contribution in [0.15, 0.2) is 10.6 Å². The average molecular weight is 215 g/mol. The van der Waals surface area contributed by atoms with Gasteiger partial charge in [0.1, 0.15) is 0 Å². The van der Waals surface area contributed by atoms with Crippen LogP contribution in [0.25, 0.3) is 0 Å². The maximum absolute atomic E-state index is 3.30. The molecule has 0 bridgehead atoms. The Bertz CT molecular complexity index is 169. The summed E-state index contributed by atoms with van der Waals surface area (Å²) < 4.78 is 0. The summed E-state index contributed by atoms with van der Waals surface area (Å²) in [5.74, 6) is 5.95. The van der Waals surface area contributed by atoms with E-state index in [0.717, 1.165) is 6.42 Å². The molecule has 1 heteroatoms. The Morgan fingerprint density at radius 1 is 1.45 bits per heavy atom. The molecule has 0 atom stereocenters. The summed E-state index contributed by atoms with van der Waals surface area (Å²) in [5.41, 5.74) is 1.21. The smallest absolute Gasteiger partial charge is 0.00892 e. The molecule has 0 saturated carbocycles. The Morgan fingerprint density at radius 3 is 2.64 bits per heavy atom. The quantitative estimate of drug-likeness (QED) is 0.493. The van der Waals surface area contributed by atoms with Crippen molar-refractivity contribution in [2.24, 2.45) is 0 Å². The monoisotopic (exact) mass is 214 g/mol. The first-order valence-corrected chi connectivity index (χ1v) is 4.98. The summed E-state index contributed by atoms with van der Waals surface area (Å²) in [4.78, 5) is 1.93. The van der Waals surface area contributed by atoms with Crippen molar-refractivity contribution >= 4 is 15.9 Å². The Morgan fingerprint density at radius 2 is 2.18 bits per heavy atom. The minimum Gasteiger partial charge on any atom is -0.102 e. The first kappa shape index (κ1) is 10.8. The van der Waals surface area contributed by atoms with Gasteiger partial charge in [-0.2, -0.15) is 0 Å². The van der Waals surface area contributed by atoms with Crippen LogP contribution in [0.4, 0.5) is 0 Å². The molecule has 0 unspecified atom stereocenters. The van der Waals surface area contributed by atoms with Gasteiger partial charge in [-0.05, 0) is 24.8 Å². The van der Waals surface area contributed by atoms with Crippen LogP contribution in [0.5, 0.6) is 0 Å². The van der Waals surface area contributed by atoms with Gasteiger partial charge in [0.2, 0.25) is 0 Å². The second-order valence-corrected chi connectivity index (χ2v) is 2.92. The van der Waals surface area contributed by atoms with E-state index in [0.29, 0.717) is 0 Å². The highest BCUT2D eigenvalue weighted by Crippen LogP contribution is 2.09. The predicted molar refractivity (Wildman–Crippen MR) is 54.6 cm³/mol. The summed E-state index contributed by atoms with van der Waals surface area (Å²) >= 11 is 3.30. The van der Waals surface area contributed by atoms with E-state index < -0.39 is 0 Å². The summed E-state index contributed by atoms with van der Waals surface area (Å²) in [7, 11) is 0. The van der Waals surface area contributed by atoms with Crippen molar-refractivity contribution in [1.82, 2.24) is 0 Å². The predicted octanol–water partition coefficient (Wildman–Crippen LogP) is 3.87. The fourth-order valence-corrected chi connectivity index (χ4v) is 1.21. The Balaban J connectivity index is 3.60. The topological polar surface area (TPSA) is 0 Å². The molecule has 0 aliphatic carbocycles. The third-order valence-electron chi connectivity index (χ3n) is 1.47. The molecule has 0 aliphatic heterocycles. The molecule has 0 rings (SSSR count). The molecule has 11 heavy (non-hydrogen) atoms.